The van der Waals surface area contributed by atoms with E-state index in [1.54, 1.807) is 4.72 Å². The van der Waals surface area contributed by atoms with Gasteiger partial charge in [0.1, 0.15) is 5.15 Å². The first-order valence-corrected chi connectivity index (χ1v) is 8.96. The van der Waals surface area contributed by atoms with E-state index in [2.05, 4.69) is 4.98 Å². The van der Waals surface area contributed by atoms with Crippen LogP contribution in [0.1, 0.15) is 10.5 Å². The van der Waals surface area contributed by atoms with E-state index in [4.69, 9.17) is 23.2 Å². The van der Waals surface area contributed by atoms with E-state index in [1.165, 1.54) is 12.1 Å². The molecule has 27 heavy (non-hydrogen) atoms. The zero-order valence-electron chi connectivity index (χ0n) is 12.8. The van der Waals surface area contributed by atoms with Crippen LogP contribution < -0.4 is 4.72 Å². The lowest BCUT2D eigenvalue weighted by Gasteiger charge is -2.20. The Labute approximate surface area is 158 Å². The van der Waals surface area contributed by atoms with Crippen molar-refractivity contribution in [3.05, 3.63) is 46.5 Å². The molecule has 14 heteroatoms. The highest BCUT2D eigenvalue weighted by Gasteiger charge is 2.57. The molecule has 1 N–H and O–H groups in total. The summed E-state index contributed by atoms with van der Waals surface area (Å²) >= 11 is 11.2. The van der Waals surface area contributed by atoms with Gasteiger partial charge in [-0.2, -0.15) is 22.0 Å². The molecule has 0 aliphatic rings. The summed E-state index contributed by atoms with van der Waals surface area (Å²) in [6.07, 6.45) is -5.38. The average Bonchev–Trinajstić information content (AvgIpc) is 2.86. The van der Waals surface area contributed by atoms with Gasteiger partial charge in [-0.3, -0.25) is 4.79 Å². The van der Waals surface area contributed by atoms with Crippen molar-refractivity contribution in [1.29, 1.82) is 0 Å². The topological polar surface area (TPSA) is 81.1 Å². The fraction of sp³-hybridized carbons (Fsp3) is 0.231. The summed E-state index contributed by atoms with van der Waals surface area (Å²) in [6.45, 7) is -1.93. The van der Waals surface area contributed by atoms with E-state index >= 15 is 0 Å². The number of imidazole rings is 1. The highest BCUT2D eigenvalue weighted by atomic mass is 35.5. The monoisotopic (exact) mass is 451 g/mol. The Morgan fingerprint density at radius 1 is 1.11 bits per heavy atom. The van der Waals surface area contributed by atoms with E-state index in [-0.39, 0.29) is 14.5 Å². The van der Waals surface area contributed by atoms with Crippen LogP contribution in [0.2, 0.25) is 10.2 Å². The van der Waals surface area contributed by atoms with Crippen LogP contribution in [0.15, 0.2) is 35.5 Å². The van der Waals surface area contributed by atoms with Crippen LogP contribution in [0.5, 0.6) is 0 Å². The highest BCUT2D eigenvalue weighted by Crippen LogP contribution is 2.37. The molecule has 0 spiro atoms. The molecule has 0 atom stereocenters. The van der Waals surface area contributed by atoms with Gasteiger partial charge in [0.15, 0.2) is 5.69 Å². The van der Waals surface area contributed by atoms with Gasteiger partial charge in [0.2, 0.25) is 0 Å². The number of nitrogens with zero attached hydrogens (tertiary/aromatic N) is 2. The molecule has 1 amide bonds. The number of carbonyl (C=O) groups excluding carboxylic acids is 1. The third-order valence-corrected chi connectivity index (χ3v) is 5.12. The molecule has 1 aromatic heterocycles. The minimum atomic E-state index is -5.85. The Balaban J connectivity index is 2.23. The summed E-state index contributed by atoms with van der Waals surface area (Å²) in [5, 5.41) is -0.657. The Hall–Kier alpha value is -1.92. The van der Waals surface area contributed by atoms with Crippen LogP contribution in [0.4, 0.5) is 22.0 Å². The lowest BCUT2D eigenvalue weighted by Crippen LogP contribution is -2.40. The quantitative estimate of drug-likeness (QED) is 0.705. The Morgan fingerprint density at radius 2 is 1.67 bits per heavy atom. The number of rotatable bonds is 5. The van der Waals surface area contributed by atoms with Crippen LogP contribution in [0.25, 0.3) is 0 Å². The van der Waals surface area contributed by atoms with Gasteiger partial charge < -0.3 is 4.57 Å². The van der Waals surface area contributed by atoms with Gasteiger partial charge in [0.05, 0.1) is 17.8 Å². The van der Waals surface area contributed by atoms with Crippen LogP contribution in [-0.2, 0) is 16.6 Å². The fourth-order valence-corrected chi connectivity index (χ4v) is 3.09. The van der Waals surface area contributed by atoms with Gasteiger partial charge >= 0.3 is 12.1 Å². The molecule has 0 aliphatic heterocycles. The molecule has 0 aliphatic carbocycles. The number of hydrogen-bond acceptors (Lipinski definition) is 4. The summed E-state index contributed by atoms with van der Waals surface area (Å²) < 4.78 is 88.9. The standard InChI is InChI=1S/C13H8Cl2F5N3O3S/c14-7-1-3-8(4-2-7)27(25,26)22-11(24)9-10(15)23(6-21-9)5-12(16,17)13(18,19)20/h1-4,6H,5H2,(H,22,24). The first kappa shape index (κ1) is 21.4. The normalized spacial score (nSPS) is 12.9. The molecule has 148 valence electrons. The second-order valence-corrected chi connectivity index (χ2v) is 7.58. The van der Waals surface area contributed by atoms with Crippen molar-refractivity contribution < 1.29 is 35.2 Å². The molecule has 1 aromatic carbocycles. The molecule has 0 saturated carbocycles. The maximum Gasteiger partial charge on any atom is 0.455 e. The molecule has 0 saturated heterocycles. The van der Waals surface area contributed by atoms with Gasteiger partial charge in [-0.15, -0.1) is 0 Å². The largest absolute Gasteiger partial charge is 0.455 e. The Morgan fingerprint density at radius 3 is 2.19 bits per heavy atom. The zero-order valence-corrected chi connectivity index (χ0v) is 15.1. The number of sulfonamides is 1. The van der Waals surface area contributed by atoms with Gasteiger partial charge in [0.25, 0.3) is 15.9 Å². The number of alkyl halides is 5. The third-order valence-electron chi connectivity index (χ3n) is 3.12. The molecule has 0 unspecified atom stereocenters. The number of halogens is 7. The van der Waals surface area contributed by atoms with Crippen molar-refractivity contribution in [1.82, 2.24) is 14.3 Å². The maximum absolute atomic E-state index is 13.1. The third kappa shape index (κ3) is 4.68. The second-order valence-electron chi connectivity index (χ2n) is 5.10. The number of benzene rings is 1. The van der Waals surface area contributed by atoms with Crippen molar-refractivity contribution in [3.63, 3.8) is 0 Å². The minimum Gasteiger partial charge on any atom is -0.315 e. The maximum atomic E-state index is 13.1. The van der Waals surface area contributed by atoms with Crippen molar-refractivity contribution in [2.24, 2.45) is 0 Å². The SMILES string of the molecule is O=C(NS(=O)(=O)c1ccc(Cl)cc1)c1ncn(CC(F)(F)C(F)(F)F)c1Cl. The minimum absolute atomic E-state index is 0.179. The lowest BCUT2D eigenvalue weighted by molar-refractivity contribution is -0.286. The molecule has 2 aromatic rings. The van der Waals surface area contributed by atoms with Crippen molar-refractivity contribution in [2.45, 2.75) is 23.5 Å². The predicted octanol–water partition coefficient (Wildman–Crippen LogP) is 3.51. The van der Waals surface area contributed by atoms with Crippen molar-refractivity contribution >= 4 is 39.1 Å². The number of hydrogen-bond donors (Lipinski definition) is 1. The second kappa shape index (κ2) is 7.24. The van der Waals surface area contributed by atoms with Crippen LogP contribution in [0, 0.1) is 0 Å². The molecule has 6 nitrogen and oxygen atoms in total. The first-order chi connectivity index (χ1) is 12.2. The molecule has 0 fully saturated rings. The number of carbonyl (C=O) groups is 1. The summed E-state index contributed by atoms with van der Waals surface area (Å²) in [6, 6.07) is 4.65. The first-order valence-electron chi connectivity index (χ1n) is 6.72. The number of aromatic nitrogens is 2. The van der Waals surface area contributed by atoms with Gasteiger partial charge in [-0.25, -0.2) is 18.1 Å². The Bertz CT molecular complexity index is 959. The van der Waals surface area contributed by atoms with Gasteiger partial charge in [0, 0.05) is 5.02 Å². The summed E-state index contributed by atoms with van der Waals surface area (Å²) in [5.41, 5.74) is -0.841. The number of amides is 1. The van der Waals surface area contributed by atoms with Gasteiger partial charge in [-0.1, -0.05) is 23.2 Å². The van der Waals surface area contributed by atoms with Gasteiger partial charge in [-0.05, 0) is 24.3 Å². The summed E-state index contributed by atoms with van der Waals surface area (Å²) in [5.74, 6) is -6.55. The molecular weight excluding hydrogens is 444 g/mol. The fourth-order valence-electron chi connectivity index (χ4n) is 1.78. The van der Waals surface area contributed by atoms with Crippen LogP contribution in [-0.4, -0.2) is 36.0 Å². The molecular formula is C13H8Cl2F5N3O3S. The van der Waals surface area contributed by atoms with E-state index in [0.717, 1.165) is 12.1 Å². The van der Waals surface area contributed by atoms with Crippen molar-refractivity contribution in [3.8, 4) is 0 Å². The average molecular weight is 452 g/mol. The molecule has 0 bridgehead atoms. The van der Waals surface area contributed by atoms with Crippen molar-refractivity contribution in [2.75, 3.05) is 0 Å². The molecule has 2 rings (SSSR count). The van der Waals surface area contributed by atoms with Crippen LogP contribution in [0.3, 0.4) is 0 Å². The van der Waals surface area contributed by atoms with Crippen LogP contribution >= 0.6 is 23.2 Å². The highest BCUT2D eigenvalue weighted by molar-refractivity contribution is 7.90. The van der Waals surface area contributed by atoms with E-state index in [1.807, 2.05) is 0 Å². The number of nitrogens with one attached hydrogen (secondary N) is 1. The molecule has 1 heterocycles. The Kier molecular flexibility index (Phi) is 5.74. The predicted molar refractivity (Wildman–Crippen MR) is 84.3 cm³/mol. The molecule has 0 radical (unpaired) electrons. The summed E-state index contributed by atoms with van der Waals surface area (Å²) in [4.78, 5) is 15.0. The van der Waals surface area contributed by atoms with E-state index in [0.29, 0.717) is 6.33 Å². The van der Waals surface area contributed by atoms with E-state index < -0.39 is 45.4 Å². The lowest BCUT2D eigenvalue weighted by atomic mass is 10.3. The zero-order chi connectivity index (χ0) is 20.6. The van der Waals surface area contributed by atoms with E-state index in [9.17, 15) is 35.2 Å². The smallest absolute Gasteiger partial charge is 0.315 e. The summed E-state index contributed by atoms with van der Waals surface area (Å²) in [7, 11) is -4.38.